The summed E-state index contributed by atoms with van der Waals surface area (Å²) < 4.78 is 0. The molecule has 0 bridgehead atoms. The van der Waals surface area contributed by atoms with Gasteiger partial charge in [0.05, 0.1) is 0 Å². The van der Waals surface area contributed by atoms with Crippen LogP contribution in [0.25, 0.3) is 0 Å². The van der Waals surface area contributed by atoms with Gasteiger partial charge in [0, 0.05) is 24.6 Å². The van der Waals surface area contributed by atoms with Crippen molar-refractivity contribution in [1.82, 2.24) is 15.3 Å². The van der Waals surface area contributed by atoms with Crippen LogP contribution in [0, 0.1) is 13.8 Å². The van der Waals surface area contributed by atoms with Crippen LogP contribution >= 0.6 is 0 Å². The lowest BCUT2D eigenvalue weighted by molar-refractivity contribution is -0.121. The molecule has 0 radical (unpaired) electrons. The molecule has 1 amide bonds. The molecule has 1 aromatic heterocycles. The molecule has 0 saturated carbocycles. The summed E-state index contributed by atoms with van der Waals surface area (Å²) in [5.74, 6) is 1.80. The summed E-state index contributed by atoms with van der Waals surface area (Å²) >= 11 is 0. The van der Waals surface area contributed by atoms with E-state index in [2.05, 4.69) is 20.6 Å². The Labute approximate surface area is 107 Å². The Balaban J connectivity index is 2.52. The number of carbonyl (C=O) groups is 1. The van der Waals surface area contributed by atoms with Crippen LogP contribution in [0.1, 0.15) is 31.7 Å². The van der Waals surface area contributed by atoms with Crippen LogP contribution < -0.4 is 16.4 Å². The molecule has 1 aromatic rings. The molecule has 6 nitrogen and oxygen atoms in total. The molecule has 18 heavy (non-hydrogen) atoms. The molecule has 6 heteroatoms. The zero-order chi connectivity index (χ0) is 13.7. The maximum absolute atomic E-state index is 11.5. The number of hydrogen-bond acceptors (Lipinski definition) is 5. The van der Waals surface area contributed by atoms with Crippen LogP contribution in [-0.2, 0) is 4.79 Å². The average Bonchev–Trinajstić information content (AvgIpc) is 2.23. The molecule has 0 unspecified atom stereocenters. The van der Waals surface area contributed by atoms with Crippen molar-refractivity contribution in [2.75, 3.05) is 17.6 Å². The molecule has 0 fully saturated rings. The SMILES string of the molecule is Cc1nc(N)c(C)c(NCCC(=O)NC(C)C)n1. The maximum atomic E-state index is 11.5. The van der Waals surface area contributed by atoms with Crippen molar-refractivity contribution in [3.8, 4) is 0 Å². The first-order valence-corrected chi connectivity index (χ1v) is 6.04. The summed E-state index contributed by atoms with van der Waals surface area (Å²) in [4.78, 5) is 19.8. The van der Waals surface area contributed by atoms with Crippen molar-refractivity contribution in [2.24, 2.45) is 0 Å². The molecular weight excluding hydrogens is 230 g/mol. The van der Waals surface area contributed by atoms with Crippen LogP contribution in [0.2, 0.25) is 0 Å². The molecule has 0 saturated heterocycles. The van der Waals surface area contributed by atoms with Crippen molar-refractivity contribution in [3.63, 3.8) is 0 Å². The van der Waals surface area contributed by atoms with E-state index in [0.717, 1.165) is 5.56 Å². The topological polar surface area (TPSA) is 92.9 Å². The van der Waals surface area contributed by atoms with E-state index in [1.165, 1.54) is 0 Å². The minimum atomic E-state index is 0.0221. The van der Waals surface area contributed by atoms with Gasteiger partial charge < -0.3 is 16.4 Å². The third-order valence-corrected chi connectivity index (χ3v) is 2.39. The Kier molecular flexibility index (Phi) is 4.88. The number of aromatic nitrogens is 2. The second-order valence-electron chi connectivity index (χ2n) is 4.53. The van der Waals surface area contributed by atoms with Gasteiger partial charge >= 0.3 is 0 Å². The lowest BCUT2D eigenvalue weighted by atomic mass is 10.3. The van der Waals surface area contributed by atoms with Gasteiger partial charge in [0.25, 0.3) is 0 Å². The molecule has 4 N–H and O–H groups in total. The van der Waals surface area contributed by atoms with E-state index in [9.17, 15) is 4.79 Å². The number of hydrogen-bond donors (Lipinski definition) is 3. The minimum absolute atomic E-state index is 0.0221. The summed E-state index contributed by atoms with van der Waals surface area (Å²) in [5, 5.41) is 5.94. The van der Waals surface area contributed by atoms with Gasteiger partial charge in [0.1, 0.15) is 17.5 Å². The van der Waals surface area contributed by atoms with Crippen LogP contribution in [0.5, 0.6) is 0 Å². The summed E-state index contributed by atoms with van der Waals surface area (Å²) in [7, 11) is 0. The Bertz CT molecular complexity index is 431. The standard InChI is InChI=1S/C12H21N5O/c1-7(2)15-10(18)5-6-14-12-8(3)11(13)16-9(4)17-12/h7H,5-6H2,1-4H3,(H,15,18)(H3,13,14,16,17). The zero-order valence-electron chi connectivity index (χ0n) is 11.4. The number of aryl methyl sites for hydroxylation is 1. The van der Waals surface area contributed by atoms with E-state index in [4.69, 9.17) is 5.73 Å². The Hall–Kier alpha value is -1.85. The van der Waals surface area contributed by atoms with E-state index < -0.39 is 0 Å². The van der Waals surface area contributed by atoms with Crippen LogP contribution in [-0.4, -0.2) is 28.5 Å². The fourth-order valence-electron chi connectivity index (χ4n) is 1.51. The van der Waals surface area contributed by atoms with E-state index in [1.54, 1.807) is 6.92 Å². The van der Waals surface area contributed by atoms with E-state index in [0.29, 0.717) is 30.4 Å². The van der Waals surface area contributed by atoms with Crippen LogP contribution in [0.15, 0.2) is 0 Å². The lowest BCUT2D eigenvalue weighted by Crippen LogP contribution is -2.31. The number of amides is 1. The highest BCUT2D eigenvalue weighted by Crippen LogP contribution is 2.16. The summed E-state index contributed by atoms with van der Waals surface area (Å²) in [6.07, 6.45) is 0.403. The average molecular weight is 251 g/mol. The number of nitrogens with one attached hydrogen (secondary N) is 2. The molecular formula is C12H21N5O. The van der Waals surface area contributed by atoms with E-state index >= 15 is 0 Å². The van der Waals surface area contributed by atoms with E-state index in [1.807, 2.05) is 20.8 Å². The maximum Gasteiger partial charge on any atom is 0.221 e. The van der Waals surface area contributed by atoms with Crippen molar-refractivity contribution < 1.29 is 4.79 Å². The quantitative estimate of drug-likeness (QED) is 0.726. The summed E-state index contributed by atoms with van der Waals surface area (Å²) in [6, 6.07) is 0.163. The highest BCUT2D eigenvalue weighted by atomic mass is 16.1. The number of nitrogens with two attached hydrogens (primary N) is 1. The molecule has 0 aliphatic carbocycles. The number of anilines is 2. The fourth-order valence-corrected chi connectivity index (χ4v) is 1.51. The number of carbonyl (C=O) groups excluding carboxylic acids is 1. The Morgan fingerprint density at radius 3 is 2.61 bits per heavy atom. The van der Waals surface area contributed by atoms with Gasteiger partial charge in [0.2, 0.25) is 5.91 Å². The normalized spacial score (nSPS) is 10.5. The number of nitrogen functional groups attached to an aromatic ring is 1. The summed E-state index contributed by atoms with van der Waals surface area (Å²) in [6.45, 7) is 8.03. The Morgan fingerprint density at radius 1 is 1.33 bits per heavy atom. The van der Waals surface area contributed by atoms with Gasteiger partial charge in [-0.1, -0.05) is 0 Å². The third kappa shape index (κ3) is 4.20. The first-order chi connectivity index (χ1) is 8.40. The molecule has 0 aliphatic rings. The van der Waals surface area contributed by atoms with Crippen molar-refractivity contribution in [2.45, 2.75) is 40.2 Å². The zero-order valence-corrected chi connectivity index (χ0v) is 11.4. The van der Waals surface area contributed by atoms with Gasteiger partial charge in [-0.2, -0.15) is 0 Å². The van der Waals surface area contributed by atoms with Gasteiger partial charge in [-0.3, -0.25) is 4.79 Å². The second kappa shape index (κ2) is 6.18. The lowest BCUT2D eigenvalue weighted by Gasteiger charge is -2.11. The highest BCUT2D eigenvalue weighted by Gasteiger charge is 2.07. The summed E-state index contributed by atoms with van der Waals surface area (Å²) in [5.41, 5.74) is 6.56. The molecule has 100 valence electrons. The molecule has 0 spiro atoms. The van der Waals surface area contributed by atoms with Crippen LogP contribution in [0.4, 0.5) is 11.6 Å². The third-order valence-electron chi connectivity index (χ3n) is 2.39. The predicted molar refractivity (Wildman–Crippen MR) is 72.3 cm³/mol. The van der Waals surface area contributed by atoms with Gasteiger partial charge in [0.15, 0.2) is 0 Å². The molecule has 0 atom stereocenters. The van der Waals surface area contributed by atoms with Crippen molar-refractivity contribution >= 4 is 17.5 Å². The largest absolute Gasteiger partial charge is 0.383 e. The van der Waals surface area contributed by atoms with E-state index in [-0.39, 0.29) is 11.9 Å². The minimum Gasteiger partial charge on any atom is -0.383 e. The molecule has 0 aromatic carbocycles. The van der Waals surface area contributed by atoms with Gasteiger partial charge in [-0.15, -0.1) is 0 Å². The van der Waals surface area contributed by atoms with Crippen molar-refractivity contribution in [3.05, 3.63) is 11.4 Å². The molecule has 1 heterocycles. The first-order valence-electron chi connectivity index (χ1n) is 6.04. The van der Waals surface area contributed by atoms with Gasteiger partial charge in [-0.05, 0) is 27.7 Å². The van der Waals surface area contributed by atoms with Crippen LogP contribution in [0.3, 0.4) is 0 Å². The monoisotopic (exact) mass is 251 g/mol. The number of rotatable bonds is 5. The van der Waals surface area contributed by atoms with Gasteiger partial charge in [-0.25, -0.2) is 9.97 Å². The Morgan fingerprint density at radius 2 is 2.00 bits per heavy atom. The highest BCUT2D eigenvalue weighted by molar-refractivity contribution is 5.76. The fraction of sp³-hybridized carbons (Fsp3) is 0.583. The first kappa shape index (κ1) is 14.2. The second-order valence-corrected chi connectivity index (χ2v) is 4.53. The smallest absolute Gasteiger partial charge is 0.221 e. The van der Waals surface area contributed by atoms with Crippen molar-refractivity contribution in [1.29, 1.82) is 0 Å². The molecule has 0 aliphatic heterocycles. The predicted octanol–water partition coefficient (Wildman–Crippen LogP) is 1.00. The number of nitrogens with zero attached hydrogens (tertiary/aromatic N) is 2. The molecule has 1 rings (SSSR count).